The van der Waals surface area contributed by atoms with Crippen molar-refractivity contribution in [3.8, 4) is 0 Å². The van der Waals surface area contributed by atoms with E-state index in [4.69, 9.17) is 5.11 Å². The summed E-state index contributed by atoms with van der Waals surface area (Å²) in [5.41, 5.74) is 0. The second kappa shape index (κ2) is 9.62. The van der Waals surface area contributed by atoms with Crippen LogP contribution in [0.15, 0.2) is 0 Å². The summed E-state index contributed by atoms with van der Waals surface area (Å²) in [6, 6.07) is 0. The molecule has 0 aliphatic carbocycles. The molecule has 62 valence electrons. The summed E-state index contributed by atoms with van der Waals surface area (Å²) >= 11 is 0. The van der Waals surface area contributed by atoms with E-state index in [1.165, 1.54) is 0 Å². The Morgan fingerprint density at radius 1 is 1.50 bits per heavy atom. The molecule has 0 aromatic heterocycles. The van der Waals surface area contributed by atoms with E-state index in [0.29, 0.717) is 6.42 Å². The van der Waals surface area contributed by atoms with Crippen LogP contribution in [0.5, 0.6) is 0 Å². The van der Waals surface area contributed by atoms with E-state index in [0.717, 1.165) is 0 Å². The van der Waals surface area contributed by atoms with Crippen molar-refractivity contribution in [2.24, 2.45) is 0 Å². The molecule has 0 amide bonds. The second-order valence-corrected chi connectivity index (χ2v) is 2.87. The number of hydrogen-bond acceptors (Lipinski definition) is 5. The predicted molar refractivity (Wildman–Crippen MR) is 29.9 cm³/mol. The third-order valence-electron chi connectivity index (χ3n) is 0.937. The number of phosphoric acid groups is 1. The molecule has 0 saturated carbocycles. The molecule has 1 unspecified atom stereocenters. The molecule has 0 aromatic rings. The van der Waals surface area contributed by atoms with Gasteiger partial charge >= 0.3 is 59.1 Å². The molecule has 0 heterocycles. The normalized spacial score (nSPS) is 12.7. The Kier molecular flexibility index (Phi) is 15.7. The topological polar surface area (TPSA) is 92.7 Å². The first-order valence-electron chi connectivity index (χ1n) is 2.81. The maximum absolute atomic E-state index is 9.90. The SMILES string of the molecule is CCC(CO)OP(=O)([O-])[O-].[Na+].[Na+]. The van der Waals surface area contributed by atoms with Gasteiger partial charge in [-0.15, -0.1) is 0 Å². The van der Waals surface area contributed by atoms with Gasteiger partial charge in [0.05, 0.1) is 20.5 Å². The number of phosphoric ester groups is 1. The fraction of sp³-hybridized carbons (Fsp3) is 1.00. The van der Waals surface area contributed by atoms with E-state index < -0.39 is 20.5 Å². The molecule has 0 saturated heterocycles. The molecule has 0 spiro atoms. The van der Waals surface area contributed by atoms with Crippen LogP contribution in [0, 0.1) is 0 Å². The van der Waals surface area contributed by atoms with Gasteiger partial charge < -0.3 is 24.0 Å². The second-order valence-electron chi connectivity index (χ2n) is 1.77. The Labute approximate surface area is 116 Å². The van der Waals surface area contributed by atoms with E-state index >= 15 is 0 Å². The van der Waals surface area contributed by atoms with Crippen LogP contribution in [0.2, 0.25) is 0 Å². The van der Waals surface area contributed by atoms with Gasteiger partial charge in [-0.3, -0.25) is 0 Å². The van der Waals surface area contributed by atoms with Gasteiger partial charge in [-0.25, -0.2) is 0 Å². The zero-order valence-corrected chi connectivity index (χ0v) is 12.4. The third-order valence-corrected chi connectivity index (χ3v) is 1.49. The standard InChI is InChI=1S/C4H11O5P.2Na/c1-2-4(3-5)9-10(6,7)8;;/h4-5H,2-3H2,1H3,(H2,6,7,8);;/q;2*+1/p-2. The molecule has 0 radical (unpaired) electrons. The van der Waals surface area contributed by atoms with Crippen molar-refractivity contribution in [3.05, 3.63) is 0 Å². The molecular formula is C4H9Na2O5P. The number of aliphatic hydroxyl groups excluding tert-OH is 1. The van der Waals surface area contributed by atoms with E-state index in [1.807, 2.05) is 0 Å². The van der Waals surface area contributed by atoms with Gasteiger partial charge in [-0.1, -0.05) is 6.92 Å². The van der Waals surface area contributed by atoms with Crippen LogP contribution in [0.1, 0.15) is 13.3 Å². The average Bonchev–Trinajstić information content (AvgIpc) is 1.81. The number of aliphatic hydroxyl groups is 1. The summed E-state index contributed by atoms with van der Waals surface area (Å²) in [5, 5.41) is 8.37. The predicted octanol–water partition coefficient (Wildman–Crippen LogP) is -7.39. The van der Waals surface area contributed by atoms with Crippen molar-refractivity contribution in [2.75, 3.05) is 6.61 Å². The first-order chi connectivity index (χ1) is 4.49. The Hall–Kier alpha value is 2.07. The zero-order valence-electron chi connectivity index (χ0n) is 7.52. The molecular weight excluding hydrogens is 205 g/mol. The fourth-order valence-electron chi connectivity index (χ4n) is 0.420. The Bertz CT molecular complexity index is 133. The third kappa shape index (κ3) is 12.1. The molecule has 0 aromatic carbocycles. The minimum absolute atomic E-state index is 0. The summed E-state index contributed by atoms with van der Waals surface area (Å²) in [7, 11) is -4.91. The Morgan fingerprint density at radius 3 is 2.00 bits per heavy atom. The minimum Gasteiger partial charge on any atom is -0.790 e. The summed E-state index contributed by atoms with van der Waals surface area (Å²) < 4.78 is 13.8. The summed E-state index contributed by atoms with van der Waals surface area (Å²) in [6.07, 6.45) is -0.592. The minimum atomic E-state index is -4.91. The zero-order chi connectivity index (χ0) is 8.20. The quantitative estimate of drug-likeness (QED) is 0.370. The molecule has 8 heteroatoms. The molecule has 0 fully saturated rings. The smallest absolute Gasteiger partial charge is 0.790 e. The van der Waals surface area contributed by atoms with E-state index in [2.05, 4.69) is 4.52 Å². The van der Waals surface area contributed by atoms with Crippen LogP contribution in [0.3, 0.4) is 0 Å². The number of hydrogen-bond donors (Lipinski definition) is 1. The Balaban J connectivity index is -0.000000405. The largest absolute Gasteiger partial charge is 1.00 e. The maximum Gasteiger partial charge on any atom is 1.00 e. The van der Waals surface area contributed by atoms with Crippen molar-refractivity contribution >= 4 is 7.82 Å². The number of rotatable bonds is 4. The van der Waals surface area contributed by atoms with Crippen LogP contribution in [0.25, 0.3) is 0 Å². The first-order valence-corrected chi connectivity index (χ1v) is 4.27. The molecule has 12 heavy (non-hydrogen) atoms. The van der Waals surface area contributed by atoms with Gasteiger partial charge in [-0.2, -0.15) is 0 Å². The van der Waals surface area contributed by atoms with Crippen molar-refractivity contribution < 1.29 is 83.1 Å². The summed E-state index contributed by atoms with van der Waals surface area (Å²) in [5.74, 6) is 0. The summed E-state index contributed by atoms with van der Waals surface area (Å²) in [4.78, 5) is 19.8. The van der Waals surface area contributed by atoms with E-state index in [9.17, 15) is 14.4 Å². The van der Waals surface area contributed by atoms with Gasteiger partial charge in [0.15, 0.2) is 0 Å². The van der Waals surface area contributed by atoms with Crippen LogP contribution >= 0.6 is 7.82 Å². The van der Waals surface area contributed by atoms with Gasteiger partial charge in [-0.05, 0) is 6.42 Å². The van der Waals surface area contributed by atoms with Gasteiger partial charge in [0, 0.05) is 0 Å². The molecule has 0 rings (SSSR count). The van der Waals surface area contributed by atoms with Crippen LogP contribution < -0.4 is 68.9 Å². The van der Waals surface area contributed by atoms with Crippen LogP contribution in [0.4, 0.5) is 0 Å². The molecule has 5 nitrogen and oxygen atoms in total. The van der Waals surface area contributed by atoms with Crippen molar-refractivity contribution in [2.45, 2.75) is 19.4 Å². The molecule has 0 aliphatic heterocycles. The average molecular weight is 214 g/mol. The monoisotopic (exact) mass is 214 g/mol. The molecule has 1 atom stereocenters. The molecule has 1 N–H and O–H groups in total. The van der Waals surface area contributed by atoms with Crippen molar-refractivity contribution in [1.29, 1.82) is 0 Å². The molecule has 0 bridgehead atoms. The molecule has 0 aliphatic rings. The van der Waals surface area contributed by atoms with Gasteiger partial charge in [0.2, 0.25) is 0 Å². The van der Waals surface area contributed by atoms with Crippen LogP contribution in [-0.4, -0.2) is 17.8 Å². The van der Waals surface area contributed by atoms with Crippen LogP contribution in [-0.2, 0) is 9.09 Å². The van der Waals surface area contributed by atoms with E-state index in [1.54, 1.807) is 6.92 Å². The maximum atomic E-state index is 9.90. The Morgan fingerprint density at radius 2 is 1.92 bits per heavy atom. The first kappa shape index (κ1) is 19.6. The van der Waals surface area contributed by atoms with Gasteiger partial charge in [0.25, 0.3) is 0 Å². The van der Waals surface area contributed by atoms with Crippen molar-refractivity contribution in [1.82, 2.24) is 0 Å². The fourth-order valence-corrected chi connectivity index (χ4v) is 1.00. The summed E-state index contributed by atoms with van der Waals surface area (Å²) in [6.45, 7) is 1.15. The van der Waals surface area contributed by atoms with Gasteiger partial charge in [0.1, 0.15) is 0 Å². The van der Waals surface area contributed by atoms with Crippen molar-refractivity contribution in [3.63, 3.8) is 0 Å². The van der Waals surface area contributed by atoms with E-state index in [-0.39, 0.29) is 59.1 Å².